The third-order valence-corrected chi connectivity index (χ3v) is 5.10. The molecule has 0 unspecified atom stereocenters. The van der Waals surface area contributed by atoms with Gasteiger partial charge in [-0.05, 0) is 36.5 Å². The first-order chi connectivity index (χ1) is 12.2. The fourth-order valence-corrected chi connectivity index (χ4v) is 3.78. The summed E-state index contributed by atoms with van der Waals surface area (Å²) in [7, 11) is 0. The Kier molecular flexibility index (Phi) is 4.17. The van der Waals surface area contributed by atoms with E-state index < -0.39 is 0 Å². The molecule has 0 saturated carbocycles. The van der Waals surface area contributed by atoms with E-state index in [9.17, 15) is 4.79 Å². The fourth-order valence-electron chi connectivity index (χ4n) is 2.61. The lowest BCUT2D eigenvalue weighted by Crippen LogP contribution is -2.25. The second kappa shape index (κ2) is 6.62. The predicted molar refractivity (Wildman–Crippen MR) is 102 cm³/mol. The second-order valence-electron chi connectivity index (χ2n) is 5.41. The highest BCUT2D eigenvalue weighted by Crippen LogP contribution is 2.21. The van der Waals surface area contributed by atoms with E-state index in [1.165, 1.54) is 0 Å². The molecule has 0 spiro atoms. The zero-order valence-corrected chi connectivity index (χ0v) is 14.7. The van der Waals surface area contributed by atoms with Crippen LogP contribution in [-0.2, 0) is 6.54 Å². The highest BCUT2D eigenvalue weighted by Gasteiger charge is 2.14. The number of aromatic amines is 1. The van der Waals surface area contributed by atoms with Gasteiger partial charge in [0.25, 0.3) is 5.91 Å². The molecule has 25 heavy (non-hydrogen) atoms. The van der Waals surface area contributed by atoms with E-state index in [1.54, 1.807) is 22.1 Å². The number of carbonyl (C=O) groups excluding carboxylic acids is 1. The molecule has 4 aromatic rings. The topological polar surface area (TPSA) is 62.7 Å². The van der Waals surface area contributed by atoms with Crippen LogP contribution in [0.15, 0.2) is 60.8 Å². The van der Waals surface area contributed by atoms with Crippen LogP contribution in [-0.4, -0.2) is 20.4 Å². The maximum atomic E-state index is 12.6. The van der Waals surface area contributed by atoms with E-state index in [-0.39, 0.29) is 5.91 Å². The van der Waals surface area contributed by atoms with Crippen molar-refractivity contribution in [2.24, 2.45) is 0 Å². The maximum absolute atomic E-state index is 12.6. The first kappa shape index (κ1) is 15.7. The van der Waals surface area contributed by atoms with Crippen LogP contribution in [0.2, 0.25) is 0 Å². The molecule has 2 aromatic heterocycles. The molecule has 0 bridgehead atoms. The van der Waals surface area contributed by atoms with Crippen molar-refractivity contribution in [3.8, 4) is 5.69 Å². The quantitative estimate of drug-likeness (QED) is 0.535. The number of nitrogens with one attached hydrogen (secondary N) is 2. The van der Waals surface area contributed by atoms with Gasteiger partial charge >= 0.3 is 0 Å². The Hall–Kier alpha value is -2.77. The smallest absolute Gasteiger partial charge is 0.270 e. The molecule has 4 rings (SSSR count). The summed E-state index contributed by atoms with van der Waals surface area (Å²) >= 11 is 6.89. The minimum Gasteiger partial charge on any atom is -0.344 e. The molecular weight excluding hydrogens is 352 g/mol. The molecule has 0 atom stereocenters. The summed E-state index contributed by atoms with van der Waals surface area (Å²) in [6.45, 7) is 0.380. The number of rotatable bonds is 4. The number of benzene rings is 2. The third-order valence-electron chi connectivity index (χ3n) is 3.76. The van der Waals surface area contributed by atoms with Gasteiger partial charge in [0.15, 0.2) is 4.77 Å². The van der Waals surface area contributed by atoms with Gasteiger partial charge in [-0.2, -0.15) is 0 Å². The fraction of sp³-hybridized carbons (Fsp3) is 0.0556. The molecule has 0 aliphatic carbocycles. The Labute approximate surface area is 153 Å². The third kappa shape index (κ3) is 3.11. The lowest BCUT2D eigenvalue weighted by Gasteiger charge is -2.08. The molecule has 124 valence electrons. The summed E-state index contributed by atoms with van der Waals surface area (Å²) < 4.78 is 3.32. The molecule has 0 aliphatic rings. The molecule has 0 radical (unpaired) electrons. The minimum atomic E-state index is -0.199. The monoisotopic (exact) mass is 366 g/mol. The van der Waals surface area contributed by atoms with Gasteiger partial charge in [-0.25, -0.2) is 4.98 Å². The van der Waals surface area contributed by atoms with Crippen molar-refractivity contribution in [3.63, 3.8) is 0 Å². The number of H-pyrrole nitrogens is 1. The van der Waals surface area contributed by atoms with Crippen molar-refractivity contribution in [2.45, 2.75) is 6.54 Å². The molecule has 0 saturated heterocycles. The lowest BCUT2D eigenvalue weighted by molar-refractivity contribution is 0.0944. The van der Waals surface area contributed by atoms with Crippen molar-refractivity contribution in [3.05, 3.63) is 76.3 Å². The number of fused-ring (bicyclic) bond motifs is 1. The first-order valence-corrected chi connectivity index (χ1v) is 8.93. The van der Waals surface area contributed by atoms with Crippen LogP contribution in [0.25, 0.3) is 15.9 Å². The van der Waals surface area contributed by atoms with Gasteiger partial charge in [0.2, 0.25) is 0 Å². The summed E-state index contributed by atoms with van der Waals surface area (Å²) in [5.74, 6) is -0.199. The van der Waals surface area contributed by atoms with E-state index in [2.05, 4.69) is 15.3 Å². The van der Waals surface area contributed by atoms with Crippen molar-refractivity contribution in [2.75, 3.05) is 0 Å². The van der Waals surface area contributed by atoms with Crippen LogP contribution in [0.1, 0.15) is 15.5 Å². The second-order valence-corrected chi connectivity index (χ2v) is 6.91. The Morgan fingerprint density at radius 1 is 1.16 bits per heavy atom. The van der Waals surface area contributed by atoms with E-state index in [1.807, 2.05) is 54.6 Å². The molecule has 2 heterocycles. The number of aromatic nitrogens is 3. The van der Waals surface area contributed by atoms with Crippen molar-refractivity contribution in [1.29, 1.82) is 0 Å². The summed E-state index contributed by atoms with van der Waals surface area (Å²) in [4.78, 5) is 20.1. The highest BCUT2D eigenvalue weighted by atomic mass is 32.1. The zero-order valence-electron chi connectivity index (χ0n) is 13.1. The maximum Gasteiger partial charge on any atom is 0.270 e. The van der Waals surface area contributed by atoms with E-state index in [0.29, 0.717) is 17.0 Å². The number of carbonyl (C=O) groups is 1. The molecule has 7 heteroatoms. The number of thiazole rings is 1. The van der Waals surface area contributed by atoms with Crippen LogP contribution in [0.3, 0.4) is 0 Å². The van der Waals surface area contributed by atoms with Gasteiger partial charge in [0, 0.05) is 11.9 Å². The molecule has 2 N–H and O–H groups in total. The van der Waals surface area contributed by atoms with Crippen molar-refractivity contribution in [1.82, 2.24) is 19.9 Å². The van der Waals surface area contributed by atoms with E-state index in [4.69, 9.17) is 12.2 Å². The van der Waals surface area contributed by atoms with Gasteiger partial charge in [-0.1, -0.05) is 30.3 Å². The summed E-state index contributed by atoms with van der Waals surface area (Å²) in [5.41, 5.74) is 2.27. The Bertz CT molecular complexity index is 1060. The SMILES string of the molecule is O=C(NCc1nc2ccccc2s1)c1c[nH]c(=S)n1-c1ccccc1. The molecule has 1 amide bonds. The average Bonchev–Trinajstić information content (AvgIpc) is 3.23. The number of nitrogens with zero attached hydrogens (tertiary/aromatic N) is 2. The largest absolute Gasteiger partial charge is 0.344 e. The normalized spacial score (nSPS) is 10.9. The zero-order chi connectivity index (χ0) is 17.2. The molecule has 2 aromatic carbocycles. The Morgan fingerprint density at radius 3 is 2.72 bits per heavy atom. The highest BCUT2D eigenvalue weighted by molar-refractivity contribution is 7.71. The van der Waals surface area contributed by atoms with Gasteiger partial charge in [0.05, 0.1) is 16.8 Å². The molecular formula is C18H14N4OS2. The molecule has 5 nitrogen and oxygen atoms in total. The molecule has 0 aliphatic heterocycles. The van der Waals surface area contributed by atoms with Gasteiger partial charge in [-0.3, -0.25) is 9.36 Å². The summed E-state index contributed by atoms with van der Waals surface area (Å²) in [5, 5.41) is 3.79. The Morgan fingerprint density at radius 2 is 1.92 bits per heavy atom. The number of hydrogen-bond acceptors (Lipinski definition) is 4. The van der Waals surface area contributed by atoms with E-state index >= 15 is 0 Å². The van der Waals surface area contributed by atoms with Crippen LogP contribution < -0.4 is 5.32 Å². The number of para-hydroxylation sites is 2. The summed E-state index contributed by atoms with van der Waals surface area (Å²) in [6, 6.07) is 17.5. The number of imidazole rings is 1. The van der Waals surface area contributed by atoms with Crippen molar-refractivity contribution >= 4 is 39.7 Å². The van der Waals surface area contributed by atoms with Gasteiger partial charge in [-0.15, -0.1) is 11.3 Å². The van der Waals surface area contributed by atoms with Crippen LogP contribution in [0.5, 0.6) is 0 Å². The Balaban J connectivity index is 1.57. The number of hydrogen-bond donors (Lipinski definition) is 2. The predicted octanol–water partition coefficient (Wildman–Crippen LogP) is 4.07. The van der Waals surface area contributed by atoms with E-state index in [0.717, 1.165) is 20.9 Å². The van der Waals surface area contributed by atoms with Gasteiger partial charge in [0.1, 0.15) is 10.7 Å². The summed E-state index contributed by atoms with van der Waals surface area (Å²) in [6.07, 6.45) is 1.63. The van der Waals surface area contributed by atoms with Crippen LogP contribution in [0.4, 0.5) is 0 Å². The molecule has 0 fully saturated rings. The number of amides is 1. The van der Waals surface area contributed by atoms with Crippen molar-refractivity contribution < 1.29 is 4.79 Å². The van der Waals surface area contributed by atoms with Crippen LogP contribution in [0, 0.1) is 4.77 Å². The lowest BCUT2D eigenvalue weighted by atomic mass is 10.3. The van der Waals surface area contributed by atoms with Crippen LogP contribution >= 0.6 is 23.6 Å². The average molecular weight is 366 g/mol. The minimum absolute atomic E-state index is 0.199. The standard InChI is InChI=1S/C18H14N4OS2/c23-17(19-11-16-21-13-8-4-5-9-15(13)25-16)14-10-20-18(24)22(14)12-6-2-1-3-7-12/h1-10H,11H2,(H,19,23)(H,20,24). The first-order valence-electron chi connectivity index (χ1n) is 7.71. The van der Waals surface area contributed by atoms with Gasteiger partial charge < -0.3 is 10.3 Å².